The summed E-state index contributed by atoms with van der Waals surface area (Å²) in [7, 11) is 0. The molecule has 0 amide bonds. The fourth-order valence-electron chi connectivity index (χ4n) is 3.60. The van der Waals surface area contributed by atoms with Crippen molar-refractivity contribution in [2.24, 2.45) is 0 Å². The highest BCUT2D eigenvalue weighted by molar-refractivity contribution is 7.99. The highest BCUT2D eigenvalue weighted by Crippen LogP contribution is 2.38. The van der Waals surface area contributed by atoms with E-state index in [-0.39, 0.29) is 5.60 Å². The van der Waals surface area contributed by atoms with Crippen LogP contribution >= 0.6 is 11.8 Å². The zero-order chi connectivity index (χ0) is 22.4. The zero-order valence-electron chi connectivity index (χ0n) is 21.0. The van der Waals surface area contributed by atoms with Crippen LogP contribution in [-0.4, -0.2) is 23.2 Å². The monoisotopic (exact) mass is 432 g/mol. The summed E-state index contributed by atoms with van der Waals surface area (Å²) in [5.41, 5.74) is 6.19. The van der Waals surface area contributed by atoms with Gasteiger partial charge >= 0.3 is 0 Å². The Hall–Kier alpha value is -0.730. The van der Waals surface area contributed by atoms with E-state index in [1.807, 2.05) is 0 Å². The Bertz CT molecular complexity index is 602. The molecule has 1 unspecified atom stereocenters. The molecule has 0 aromatic heterocycles. The van der Waals surface area contributed by atoms with Crippen LogP contribution < -0.4 is 0 Å². The van der Waals surface area contributed by atoms with Gasteiger partial charge in [0, 0.05) is 0 Å². The summed E-state index contributed by atoms with van der Waals surface area (Å²) >= 11 is 2.09. The Kier molecular flexibility index (Phi) is 13.8. The average molecular weight is 433 g/mol. The van der Waals surface area contributed by atoms with Crippen LogP contribution in [0.25, 0.3) is 0 Å². The van der Waals surface area contributed by atoms with Gasteiger partial charge in [0.2, 0.25) is 0 Å². The summed E-state index contributed by atoms with van der Waals surface area (Å²) in [5, 5.41) is 0. The van der Waals surface area contributed by atoms with Gasteiger partial charge in [-0.1, -0.05) is 46.6 Å². The zero-order valence-corrected chi connectivity index (χ0v) is 21.8. The van der Waals surface area contributed by atoms with E-state index in [0.29, 0.717) is 6.10 Å². The third-order valence-electron chi connectivity index (χ3n) is 5.82. The molecule has 1 aliphatic rings. The third-order valence-corrected chi connectivity index (χ3v) is 6.93. The largest absolute Gasteiger partial charge is 0.367 e. The van der Waals surface area contributed by atoms with Crippen molar-refractivity contribution in [3.63, 3.8) is 0 Å². The van der Waals surface area contributed by atoms with E-state index in [0.717, 1.165) is 0 Å². The molecule has 2 heteroatoms. The van der Waals surface area contributed by atoms with Crippen LogP contribution in [-0.2, 0) is 4.74 Å². The first kappa shape index (κ1) is 27.3. The summed E-state index contributed by atoms with van der Waals surface area (Å²) < 4.78 is 5.67. The lowest BCUT2D eigenvalue weighted by atomic mass is 10.0. The minimum atomic E-state index is 0.136. The van der Waals surface area contributed by atoms with Crippen molar-refractivity contribution in [1.29, 1.82) is 0 Å². The maximum atomic E-state index is 5.67. The van der Waals surface area contributed by atoms with Gasteiger partial charge in [-0.05, 0) is 118 Å². The molecule has 1 aliphatic heterocycles. The van der Waals surface area contributed by atoms with Gasteiger partial charge in [-0.3, -0.25) is 0 Å². The first-order chi connectivity index (χ1) is 14.2. The van der Waals surface area contributed by atoms with Crippen molar-refractivity contribution in [1.82, 2.24) is 0 Å². The van der Waals surface area contributed by atoms with E-state index >= 15 is 0 Å². The third kappa shape index (κ3) is 14.3. The molecule has 1 atom stereocenters. The minimum absolute atomic E-state index is 0.136. The van der Waals surface area contributed by atoms with Gasteiger partial charge < -0.3 is 4.74 Å². The maximum Gasteiger partial charge on any atom is 0.0892 e. The van der Waals surface area contributed by atoms with E-state index in [9.17, 15) is 0 Å². The lowest BCUT2D eigenvalue weighted by Crippen LogP contribution is -2.02. The number of hydrogen-bond acceptors (Lipinski definition) is 2. The number of hydrogen-bond donors (Lipinski definition) is 0. The molecule has 1 nitrogen and oxygen atoms in total. The lowest BCUT2D eigenvalue weighted by Gasteiger charge is -2.03. The first-order valence-electron chi connectivity index (χ1n) is 12.1. The Morgan fingerprint density at radius 1 is 0.733 bits per heavy atom. The van der Waals surface area contributed by atoms with Gasteiger partial charge in [-0.15, -0.1) is 0 Å². The molecule has 0 aliphatic carbocycles. The molecule has 1 rings (SSSR count). The Morgan fingerprint density at radius 3 is 1.90 bits per heavy atom. The van der Waals surface area contributed by atoms with Gasteiger partial charge in [0.15, 0.2) is 0 Å². The van der Waals surface area contributed by atoms with Gasteiger partial charge in [0.25, 0.3) is 0 Å². The molecular weight excluding hydrogens is 384 g/mol. The second-order valence-corrected chi connectivity index (χ2v) is 11.0. The second-order valence-electron chi connectivity index (χ2n) is 9.80. The van der Waals surface area contributed by atoms with Gasteiger partial charge in [0.05, 0.1) is 11.7 Å². The van der Waals surface area contributed by atoms with Crippen LogP contribution in [0, 0.1) is 0 Å². The van der Waals surface area contributed by atoms with Crippen molar-refractivity contribution >= 4 is 11.8 Å². The van der Waals surface area contributed by atoms with Crippen LogP contribution in [0.2, 0.25) is 0 Å². The van der Waals surface area contributed by atoms with E-state index in [4.69, 9.17) is 4.74 Å². The first-order valence-corrected chi connectivity index (χ1v) is 13.2. The van der Waals surface area contributed by atoms with E-state index < -0.39 is 0 Å². The Morgan fingerprint density at radius 2 is 1.30 bits per heavy atom. The quantitative estimate of drug-likeness (QED) is 0.137. The van der Waals surface area contributed by atoms with Gasteiger partial charge in [-0.25, -0.2) is 0 Å². The SMILES string of the molecule is CC(C)=CCCSCCC/C(C)=C/CCC=C(C)CC/C=C(\C)CCC1OC1(C)C. The van der Waals surface area contributed by atoms with E-state index in [1.165, 1.54) is 86.0 Å². The molecule has 0 radical (unpaired) electrons. The molecule has 1 heterocycles. The number of epoxide rings is 1. The molecular formula is C28H48OS. The fourth-order valence-corrected chi connectivity index (χ4v) is 4.43. The lowest BCUT2D eigenvalue weighted by molar-refractivity contribution is 0.320. The molecule has 0 aromatic carbocycles. The van der Waals surface area contributed by atoms with Crippen molar-refractivity contribution in [3.05, 3.63) is 46.6 Å². The molecule has 1 fully saturated rings. The van der Waals surface area contributed by atoms with Gasteiger partial charge in [0.1, 0.15) is 0 Å². The molecule has 30 heavy (non-hydrogen) atoms. The van der Waals surface area contributed by atoms with Crippen molar-refractivity contribution in [2.45, 2.75) is 118 Å². The van der Waals surface area contributed by atoms with Crippen molar-refractivity contribution in [3.8, 4) is 0 Å². The van der Waals surface area contributed by atoms with Gasteiger partial charge in [-0.2, -0.15) is 11.8 Å². The van der Waals surface area contributed by atoms with Crippen LogP contribution in [0.4, 0.5) is 0 Å². The number of ether oxygens (including phenoxy) is 1. The molecule has 0 saturated carbocycles. The molecule has 0 N–H and O–H groups in total. The highest BCUT2D eigenvalue weighted by atomic mass is 32.2. The van der Waals surface area contributed by atoms with Crippen LogP contribution in [0.15, 0.2) is 46.6 Å². The maximum absolute atomic E-state index is 5.67. The average Bonchev–Trinajstić information content (AvgIpc) is 3.29. The van der Waals surface area contributed by atoms with Crippen LogP contribution in [0.5, 0.6) is 0 Å². The minimum Gasteiger partial charge on any atom is -0.367 e. The Labute approximate surface area is 192 Å². The van der Waals surface area contributed by atoms with Crippen LogP contribution in [0.1, 0.15) is 106 Å². The summed E-state index contributed by atoms with van der Waals surface area (Å²) in [4.78, 5) is 0. The summed E-state index contributed by atoms with van der Waals surface area (Å²) in [6.07, 6.45) is 21.0. The number of thioether (sulfide) groups is 1. The van der Waals surface area contributed by atoms with E-state index in [1.54, 1.807) is 5.57 Å². The van der Waals surface area contributed by atoms with Crippen LogP contribution in [0.3, 0.4) is 0 Å². The van der Waals surface area contributed by atoms with Crippen molar-refractivity contribution < 1.29 is 4.74 Å². The molecule has 0 spiro atoms. The Balaban J connectivity index is 2.05. The van der Waals surface area contributed by atoms with E-state index in [2.05, 4.69) is 84.5 Å². The molecule has 1 saturated heterocycles. The number of unbranched alkanes of at least 4 members (excludes halogenated alkanes) is 1. The summed E-state index contributed by atoms with van der Waals surface area (Å²) in [6, 6.07) is 0. The van der Waals surface area contributed by atoms with Crippen molar-refractivity contribution in [2.75, 3.05) is 11.5 Å². The number of allylic oxidation sites excluding steroid dienone is 8. The molecule has 0 bridgehead atoms. The summed E-state index contributed by atoms with van der Waals surface area (Å²) in [5.74, 6) is 2.55. The molecule has 172 valence electrons. The number of rotatable bonds is 16. The summed E-state index contributed by atoms with van der Waals surface area (Å²) in [6.45, 7) is 15.6. The standard InChI is InChI=1S/C28H48OS/c1-23(2)13-11-21-30-22-12-18-25(4)15-9-8-14-24(3)16-10-17-26(5)19-20-27-28(6,7)29-27/h13-15,17,27H,8-12,16,18-22H2,1-7H3/b24-14?,25-15+,26-17+. The highest BCUT2D eigenvalue weighted by Gasteiger charge is 2.46. The fraction of sp³-hybridized carbons (Fsp3) is 0.714. The second kappa shape index (κ2) is 15.1. The molecule has 0 aromatic rings. The smallest absolute Gasteiger partial charge is 0.0892 e. The normalized spacial score (nSPS) is 19.2. The topological polar surface area (TPSA) is 12.5 Å². The predicted molar refractivity (Wildman–Crippen MR) is 139 cm³/mol. The predicted octanol–water partition coefficient (Wildman–Crippen LogP) is 9.21.